The minimum absolute atomic E-state index is 0.337. The maximum Gasteiger partial charge on any atom is 0.0589 e. The van der Waals surface area contributed by atoms with Gasteiger partial charge in [-0.15, -0.1) is 0 Å². The highest BCUT2D eigenvalue weighted by Gasteiger charge is 2.18. The van der Waals surface area contributed by atoms with Crippen LogP contribution < -0.4 is 0 Å². The van der Waals surface area contributed by atoms with E-state index in [9.17, 15) is 0 Å². The van der Waals surface area contributed by atoms with Gasteiger partial charge in [0.2, 0.25) is 0 Å². The van der Waals surface area contributed by atoms with Crippen molar-refractivity contribution < 1.29 is 9.84 Å². The van der Waals surface area contributed by atoms with Crippen LogP contribution in [-0.2, 0) is 4.74 Å². The molecule has 0 spiro atoms. The van der Waals surface area contributed by atoms with Gasteiger partial charge in [0.25, 0.3) is 0 Å². The number of nitrogens with zero attached hydrogens (tertiary/aromatic N) is 1. The molecule has 0 bridgehead atoms. The van der Waals surface area contributed by atoms with E-state index in [2.05, 4.69) is 4.90 Å². The van der Waals surface area contributed by atoms with Gasteiger partial charge in [-0.2, -0.15) is 0 Å². The number of ether oxygens (including phenoxy) is 1. The highest BCUT2D eigenvalue weighted by atomic mass is 16.5. The molecular formula is C9H19NO2. The van der Waals surface area contributed by atoms with Crippen molar-refractivity contribution in [3.63, 3.8) is 0 Å². The van der Waals surface area contributed by atoms with Crippen LogP contribution in [0.15, 0.2) is 0 Å². The summed E-state index contributed by atoms with van der Waals surface area (Å²) < 4.78 is 5.01. The van der Waals surface area contributed by atoms with Crippen LogP contribution >= 0.6 is 0 Å². The number of likely N-dealkylation sites (tertiary alicyclic amines) is 1. The molecule has 1 fully saturated rings. The molecule has 1 saturated heterocycles. The van der Waals surface area contributed by atoms with Crippen molar-refractivity contribution in [3.05, 3.63) is 0 Å². The normalized spacial score (nSPS) is 26.0. The van der Waals surface area contributed by atoms with Crippen LogP contribution in [0.3, 0.4) is 0 Å². The lowest BCUT2D eigenvalue weighted by Crippen LogP contribution is -2.38. The van der Waals surface area contributed by atoms with Crippen LogP contribution in [0, 0.1) is 5.92 Å². The zero-order valence-electron chi connectivity index (χ0n) is 7.83. The molecule has 3 nitrogen and oxygen atoms in total. The largest absolute Gasteiger partial charge is 0.396 e. The summed E-state index contributed by atoms with van der Waals surface area (Å²) in [6.07, 6.45) is 2.40. The second-order valence-corrected chi connectivity index (χ2v) is 3.48. The summed E-state index contributed by atoms with van der Waals surface area (Å²) in [6.45, 7) is 4.36. The lowest BCUT2D eigenvalue weighted by atomic mass is 9.99. The number of aliphatic hydroxyl groups excluding tert-OH is 1. The number of aliphatic hydroxyl groups is 1. The molecule has 0 saturated carbocycles. The molecule has 0 aromatic carbocycles. The van der Waals surface area contributed by atoms with Crippen LogP contribution in [0.4, 0.5) is 0 Å². The third-order valence-electron chi connectivity index (χ3n) is 2.47. The molecule has 0 unspecified atom stereocenters. The van der Waals surface area contributed by atoms with E-state index in [4.69, 9.17) is 9.84 Å². The van der Waals surface area contributed by atoms with Gasteiger partial charge in [-0.05, 0) is 25.3 Å². The fourth-order valence-electron chi connectivity index (χ4n) is 1.72. The average molecular weight is 173 g/mol. The Labute approximate surface area is 74.3 Å². The van der Waals surface area contributed by atoms with E-state index in [0.717, 1.165) is 19.7 Å². The van der Waals surface area contributed by atoms with Gasteiger partial charge >= 0.3 is 0 Å². The lowest BCUT2D eigenvalue weighted by Gasteiger charge is -2.31. The Hall–Kier alpha value is -0.120. The molecule has 12 heavy (non-hydrogen) atoms. The molecule has 1 aliphatic rings. The highest BCUT2D eigenvalue weighted by molar-refractivity contribution is 4.71. The molecule has 0 aromatic heterocycles. The van der Waals surface area contributed by atoms with Crippen LogP contribution in [0.2, 0.25) is 0 Å². The fourth-order valence-corrected chi connectivity index (χ4v) is 1.72. The molecule has 1 N–H and O–H groups in total. The summed E-state index contributed by atoms with van der Waals surface area (Å²) >= 11 is 0. The molecule has 1 heterocycles. The number of rotatable bonds is 4. The Morgan fingerprint density at radius 2 is 2.42 bits per heavy atom. The van der Waals surface area contributed by atoms with Crippen LogP contribution in [0.25, 0.3) is 0 Å². The van der Waals surface area contributed by atoms with Crippen molar-refractivity contribution in [1.29, 1.82) is 0 Å². The number of methoxy groups -OCH3 is 1. The summed E-state index contributed by atoms with van der Waals surface area (Å²) in [5.41, 5.74) is 0. The van der Waals surface area contributed by atoms with Crippen molar-refractivity contribution in [2.45, 2.75) is 12.8 Å². The van der Waals surface area contributed by atoms with Gasteiger partial charge in [0.1, 0.15) is 0 Å². The van der Waals surface area contributed by atoms with Gasteiger partial charge in [0.05, 0.1) is 6.61 Å². The Morgan fingerprint density at radius 1 is 1.58 bits per heavy atom. The van der Waals surface area contributed by atoms with E-state index >= 15 is 0 Å². The Morgan fingerprint density at radius 3 is 3.08 bits per heavy atom. The molecule has 1 rings (SSSR count). The van der Waals surface area contributed by atoms with Gasteiger partial charge in [0.15, 0.2) is 0 Å². The van der Waals surface area contributed by atoms with Gasteiger partial charge in [-0.3, -0.25) is 0 Å². The van der Waals surface area contributed by atoms with E-state index in [1.54, 1.807) is 7.11 Å². The van der Waals surface area contributed by atoms with Crippen molar-refractivity contribution in [1.82, 2.24) is 4.90 Å². The predicted octanol–water partition coefficient (Wildman–Crippen LogP) is 0.337. The zero-order chi connectivity index (χ0) is 8.81. The minimum Gasteiger partial charge on any atom is -0.396 e. The summed E-state index contributed by atoms with van der Waals surface area (Å²) in [5.74, 6) is 0.496. The Balaban J connectivity index is 2.16. The zero-order valence-corrected chi connectivity index (χ0v) is 7.83. The summed E-state index contributed by atoms with van der Waals surface area (Å²) in [6, 6.07) is 0. The second kappa shape index (κ2) is 5.51. The molecule has 0 aromatic rings. The predicted molar refractivity (Wildman–Crippen MR) is 48.1 cm³/mol. The van der Waals surface area contributed by atoms with Gasteiger partial charge in [-0.1, -0.05) is 0 Å². The van der Waals surface area contributed by atoms with Crippen molar-refractivity contribution >= 4 is 0 Å². The van der Waals surface area contributed by atoms with Crippen LogP contribution in [-0.4, -0.2) is 50.0 Å². The number of hydrogen-bond donors (Lipinski definition) is 1. The van der Waals surface area contributed by atoms with Gasteiger partial charge in [0, 0.05) is 26.8 Å². The molecule has 1 aliphatic heterocycles. The van der Waals surface area contributed by atoms with E-state index in [-0.39, 0.29) is 0 Å². The maximum atomic E-state index is 8.98. The summed E-state index contributed by atoms with van der Waals surface area (Å²) in [7, 11) is 1.73. The standard InChI is InChI=1S/C9H19NO2/c1-12-6-5-10-4-2-3-9(7-10)8-11/h9,11H,2-8H2,1H3/t9-/m1/s1. The fraction of sp³-hybridized carbons (Fsp3) is 1.00. The first-order valence-corrected chi connectivity index (χ1v) is 4.69. The topological polar surface area (TPSA) is 32.7 Å². The molecule has 0 aliphatic carbocycles. The average Bonchev–Trinajstić information content (AvgIpc) is 2.15. The number of hydrogen-bond acceptors (Lipinski definition) is 3. The Kier molecular flexibility index (Phi) is 4.58. The molecular weight excluding hydrogens is 154 g/mol. The maximum absolute atomic E-state index is 8.98. The molecule has 0 amide bonds. The molecule has 72 valence electrons. The van der Waals surface area contributed by atoms with Crippen molar-refractivity contribution in [2.24, 2.45) is 5.92 Å². The second-order valence-electron chi connectivity index (χ2n) is 3.48. The van der Waals surface area contributed by atoms with E-state index in [1.165, 1.54) is 19.4 Å². The van der Waals surface area contributed by atoms with Crippen LogP contribution in [0.1, 0.15) is 12.8 Å². The quantitative estimate of drug-likeness (QED) is 0.665. The molecule has 0 radical (unpaired) electrons. The highest BCUT2D eigenvalue weighted by Crippen LogP contribution is 2.14. The molecule has 1 atom stereocenters. The van der Waals surface area contributed by atoms with Gasteiger partial charge in [-0.25, -0.2) is 0 Å². The van der Waals surface area contributed by atoms with E-state index < -0.39 is 0 Å². The first-order valence-electron chi connectivity index (χ1n) is 4.69. The summed E-state index contributed by atoms with van der Waals surface area (Å²) in [4.78, 5) is 2.37. The Bertz CT molecular complexity index is 119. The SMILES string of the molecule is COCCN1CCC[C@@H](CO)C1. The van der Waals surface area contributed by atoms with Crippen LogP contribution in [0.5, 0.6) is 0 Å². The van der Waals surface area contributed by atoms with Crippen molar-refractivity contribution in [3.8, 4) is 0 Å². The lowest BCUT2D eigenvalue weighted by molar-refractivity contribution is 0.0906. The molecule has 3 heteroatoms. The van der Waals surface area contributed by atoms with E-state index in [0.29, 0.717) is 12.5 Å². The van der Waals surface area contributed by atoms with Gasteiger partial charge < -0.3 is 14.7 Å². The minimum atomic E-state index is 0.337. The van der Waals surface area contributed by atoms with E-state index in [1.807, 2.05) is 0 Å². The monoisotopic (exact) mass is 173 g/mol. The first-order chi connectivity index (χ1) is 5.86. The smallest absolute Gasteiger partial charge is 0.0589 e. The summed E-state index contributed by atoms with van der Waals surface area (Å²) in [5, 5.41) is 8.98. The first kappa shape index (κ1) is 9.96. The third kappa shape index (κ3) is 3.09. The van der Waals surface area contributed by atoms with Crippen molar-refractivity contribution in [2.75, 3.05) is 40.0 Å². The third-order valence-corrected chi connectivity index (χ3v) is 2.47. The number of piperidine rings is 1.